The summed E-state index contributed by atoms with van der Waals surface area (Å²) >= 11 is 5.22. The van der Waals surface area contributed by atoms with Gasteiger partial charge in [-0.05, 0) is 44.2 Å². The van der Waals surface area contributed by atoms with Gasteiger partial charge in [0.05, 0.1) is 5.52 Å². The number of rotatable bonds is 3. The maximum atomic E-state index is 13.7. The number of hydrogen-bond acceptors (Lipinski definition) is 2. The van der Waals surface area contributed by atoms with Crippen molar-refractivity contribution in [3.8, 4) is 0 Å². The minimum Gasteiger partial charge on any atom is -0.328 e. The summed E-state index contributed by atoms with van der Waals surface area (Å²) in [5, 5.41) is 0. The number of nitrogens with zero attached hydrogens (tertiary/aromatic N) is 2. The molecule has 1 N–H and O–H groups in total. The third kappa shape index (κ3) is 2.62. The summed E-state index contributed by atoms with van der Waals surface area (Å²) in [6, 6.07) is 2.21. The summed E-state index contributed by atoms with van der Waals surface area (Å²) in [7, 11) is 0. The monoisotopic (exact) mass is 297 g/mol. The van der Waals surface area contributed by atoms with Crippen molar-refractivity contribution in [3.63, 3.8) is 0 Å². The van der Waals surface area contributed by atoms with Crippen molar-refractivity contribution in [2.45, 2.75) is 25.8 Å². The Bertz CT molecular complexity index is 671. The van der Waals surface area contributed by atoms with Crippen LogP contribution >= 0.6 is 12.2 Å². The quantitative estimate of drug-likeness (QED) is 0.877. The molecule has 3 nitrogen and oxygen atoms in total. The van der Waals surface area contributed by atoms with Crippen LogP contribution in [-0.4, -0.2) is 34.1 Å². The highest BCUT2D eigenvalue weighted by atomic mass is 32.1. The average molecular weight is 297 g/mol. The second-order valence-corrected chi connectivity index (χ2v) is 5.65. The highest BCUT2D eigenvalue weighted by Gasteiger charge is 2.13. The van der Waals surface area contributed by atoms with Crippen LogP contribution in [0.2, 0.25) is 0 Å². The topological polar surface area (TPSA) is 24.0 Å². The van der Waals surface area contributed by atoms with Crippen LogP contribution in [0.4, 0.5) is 8.78 Å². The second-order valence-electron chi connectivity index (χ2n) is 5.27. The van der Waals surface area contributed by atoms with E-state index in [-0.39, 0.29) is 5.52 Å². The zero-order valence-electron chi connectivity index (χ0n) is 11.2. The first-order valence-electron chi connectivity index (χ1n) is 6.95. The van der Waals surface area contributed by atoms with Crippen LogP contribution in [0.5, 0.6) is 0 Å². The molecular formula is C14H17F2N3S. The van der Waals surface area contributed by atoms with Crippen LogP contribution in [-0.2, 0) is 6.54 Å². The fourth-order valence-electron chi connectivity index (χ4n) is 2.83. The minimum absolute atomic E-state index is 0.287. The van der Waals surface area contributed by atoms with Gasteiger partial charge in [-0.15, -0.1) is 0 Å². The van der Waals surface area contributed by atoms with Gasteiger partial charge in [-0.3, -0.25) is 0 Å². The molecule has 1 aromatic heterocycles. The smallest absolute Gasteiger partial charge is 0.178 e. The van der Waals surface area contributed by atoms with Gasteiger partial charge in [0.1, 0.15) is 11.3 Å². The number of benzene rings is 1. The molecule has 1 fully saturated rings. The highest BCUT2D eigenvalue weighted by Crippen LogP contribution is 2.19. The van der Waals surface area contributed by atoms with Gasteiger partial charge in [0.25, 0.3) is 0 Å². The summed E-state index contributed by atoms with van der Waals surface area (Å²) in [5.74, 6) is -1.17. The molecule has 0 radical (unpaired) electrons. The van der Waals surface area contributed by atoms with Crippen molar-refractivity contribution in [2.24, 2.45) is 0 Å². The molecule has 6 heteroatoms. The largest absolute Gasteiger partial charge is 0.328 e. The number of fused-ring (bicyclic) bond motifs is 1. The van der Waals surface area contributed by atoms with Gasteiger partial charge < -0.3 is 14.5 Å². The van der Waals surface area contributed by atoms with Gasteiger partial charge in [-0.25, -0.2) is 8.78 Å². The van der Waals surface area contributed by atoms with Gasteiger partial charge in [-0.1, -0.05) is 6.42 Å². The Morgan fingerprint density at radius 2 is 1.85 bits per heavy atom. The lowest BCUT2D eigenvalue weighted by molar-refractivity contribution is 0.221. The predicted molar refractivity (Wildman–Crippen MR) is 77.3 cm³/mol. The maximum absolute atomic E-state index is 13.7. The van der Waals surface area contributed by atoms with E-state index in [0.717, 1.165) is 25.7 Å². The summed E-state index contributed by atoms with van der Waals surface area (Å²) in [6.45, 7) is 3.71. The van der Waals surface area contributed by atoms with Crippen molar-refractivity contribution in [1.29, 1.82) is 0 Å². The number of halogens is 2. The lowest BCUT2D eigenvalue weighted by Gasteiger charge is -2.26. The van der Waals surface area contributed by atoms with Crippen molar-refractivity contribution in [1.82, 2.24) is 14.5 Å². The zero-order chi connectivity index (χ0) is 14.1. The molecule has 1 saturated heterocycles. The van der Waals surface area contributed by atoms with E-state index in [0.29, 0.717) is 16.8 Å². The van der Waals surface area contributed by atoms with E-state index in [9.17, 15) is 8.78 Å². The van der Waals surface area contributed by atoms with E-state index < -0.39 is 11.6 Å². The molecule has 0 unspecified atom stereocenters. The maximum Gasteiger partial charge on any atom is 0.178 e. The summed E-state index contributed by atoms with van der Waals surface area (Å²) in [5.41, 5.74) is 0.791. The first-order valence-corrected chi connectivity index (χ1v) is 7.36. The fraction of sp³-hybridized carbons (Fsp3) is 0.500. The summed E-state index contributed by atoms with van der Waals surface area (Å²) < 4.78 is 29.3. The van der Waals surface area contributed by atoms with Crippen LogP contribution in [0.15, 0.2) is 12.1 Å². The number of piperidine rings is 1. The minimum atomic E-state index is -0.595. The standard InChI is InChI=1S/C14H17F2N3S/c15-10-8-11(16)13-12(9-10)19(14(20)17-13)7-6-18-4-2-1-3-5-18/h8-9H,1-7H2,(H,17,20). The molecule has 0 spiro atoms. The van der Waals surface area contributed by atoms with Gasteiger partial charge in [0.2, 0.25) is 0 Å². The molecule has 0 bridgehead atoms. The van der Waals surface area contributed by atoms with Crippen LogP contribution in [0.3, 0.4) is 0 Å². The lowest BCUT2D eigenvalue weighted by atomic mass is 10.1. The molecule has 0 aliphatic carbocycles. The molecule has 1 aliphatic heterocycles. The van der Waals surface area contributed by atoms with E-state index in [2.05, 4.69) is 9.88 Å². The lowest BCUT2D eigenvalue weighted by Crippen LogP contribution is -2.32. The van der Waals surface area contributed by atoms with Crippen LogP contribution in [0, 0.1) is 16.4 Å². The number of aromatic nitrogens is 2. The normalized spacial score (nSPS) is 16.9. The summed E-state index contributed by atoms with van der Waals surface area (Å²) in [6.07, 6.45) is 3.74. The van der Waals surface area contributed by atoms with Gasteiger partial charge >= 0.3 is 0 Å². The molecule has 0 saturated carbocycles. The number of imidazole rings is 1. The number of nitrogens with one attached hydrogen (secondary N) is 1. The van der Waals surface area contributed by atoms with Crippen molar-refractivity contribution in [2.75, 3.05) is 19.6 Å². The Morgan fingerprint density at radius 1 is 1.10 bits per heavy atom. The molecule has 108 valence electrons. The Hall–Kier alpha value is -1.27. The van der Waals surface area contributed by atoms with Crippen molar-refractivity contribution >= 4 is 23.3 Å². The Balaban J connectivity index is 1.87. The van der Waals surface area contributed by atoms with Gasteiger partial charge in [0.15, 0.2) is 10.6 Å². The van der Waals surface area contributed by atoms with Crippen LogP contribution in [0.1, 0.15) is 19.3 Å². The molecule has 20 heavy (non-hydrogen) atoms. The zero-order valence-corrected chi connectivity index (χ0v) is 12.0. The third-order valence-electron chi connectivity index (χ3n) is 3.89. The highest BCUT2D eigenvalue weighted by molar-refractivity contribution is 7.71. The van der Waals surface area contributed by atoms with Gasteiger partial charge in [0, 0.05) is 19.2 Å². The molecule has 3 rings (SSSR count). The molecule has 1 aliphatic rings. The average Bonchev–Trinajstić information content (AvgIpc) is 2.74. The predicted octanol–water partition coefficient (Wildman–Crippen LogP) is 3.46. The number of likely N-dealkylation sites (tertiary alicyclic amines) is 1. The molecule has 2 aromatic rings. The first-order chi connectivity index (χ1) is 9.65. The van der Waals surface area contributed by atoms with E-state index >= 15 is 0 Å². The molecule has 1 aromatic carbocycles. The molecule has 2 heterocycles. The number of H-pyrrole nitrogens is 1. The van der Waals surface area contributed by atoms with Crippen molar-refractivity contribution in [3.05, 3.63) is 28.5 Å². The van der Waals surface area contributed by atoms with Crippen LogP contribution in [0.25, 0.3) is 11.0 Å². The number of hydrogen-bond donors (Lipinski definition) is 1. The van der Waals surface area contributed by atoms with E-state index in [4.69, 9.17) is 12.2 Å². The Morgan fingerprint density at radius 3 is 2.60 bits per heavy atom. The fourth-order valence-corrected chi connectivity index (χ4v) is 3.12. The molecule has 0 atom stereocenters. The van der Waals surface area contributed by atoms with Crippen LogP contribution < -0.4 is 0 Å². The second kappa shape index (κ2) is 5.61. The molecule has 0 amide bonds. The SMILES string of the molecule is Fc1cc(F)c2[nH]c(=S)n(CCN3CCCCC3)c2c1. The first kappa shape index (κ1) is 13.7. The van der Waals surface area contributed by atoms with E-state index in [1.54, 1.807) is 4.57 Å². The number of aromatic amines is 1. The van der Waals surface area contributed by atoms with E-state index in [1.807, 2.05) is 0 Å². The third-order valence-corrected chi connectivity index (χ3v) is 4.21. The molecular weight excluding hydrogens is 280 g/mol. The Labute approximate surface area is 121 Å². The Kier molecular flexibility index (Phi) is 3.85. The van der Waals surface area contributed by atoms with E-state index in [1.165, 1.54) is 25.3 Å². The summed E-state index contributed by atoms with van der Waals surface area (Å²) in [4.78, 5) is 5.20. The van der Waals surface area contributed by atoms with Gasteiger partial charge in [-0.2, -0.15) is 0 Å². The van der Waals surface area contributed by atoms with Crippen molar-refractivity contribution < 1.29 is 8.78 Å².